The average Bonchev–Trinajstić information content (AvgIpc) is 3.12. The Morgan fingerprint density at radius 3 is 2.82 bits per heavy atom. The standard InChI is InChI=1S/C23H26N2O3/c1-24-14-16-7-6-12-25(15-16)23(26)22-21(17-8-4-3-5-9-17)19-11-10-18(27-2)13-20(19)28-22/h3-5,8-11,13,16,24H,6-7,12,14-15H2,1-2H3. The third-order valence-electron chi connectivity index (χ3n) is 5.45. The molecule has 2 heterocycles. The summed E-state index contributed by atoms with van der Waals surface area (Å²) in [4.78, 5) is 15.4. The van der Waals surface area contributed by atoms with Crippen molar-refractivity contribution in [3.05, 3.63) is 54.3 Å². The number of likely N-dealkylation sites (tertiary alicyclic amines) is 1. The molecule has 1 aromatic heterocycles. The Morgan fingerprint density at radius 1 is 1.25 bits per heavy atom. The van der Waals surface area contributed by atoms with Crippen LogP contribution in [0.1, 0.15) is 23.4 Å². The molecule has 3 aromatic rings. The highest BCUT2D eigenvalue weighted by molar-refractivity contribution is 6.08. The topological polar surface area (TPSA) is 54.7 Å². The number of benzene rings is 2. The number of nitrogens with zero attached hydrogens (tertiary/aromatic N) is 1. The van der Waals surface area contributed by atoms with Gasteiger partial charge in [0.15, 0.2) is 0 Å². The summed E-state index contributed by atoms with van der Waals surface area (Å²) in [5, 5.41) is 4.16. The zero-order valence-electron chi connectivity index (χ0n) is 16.4. The second-order valence-electron chi connectivity index (χ2n) is 7.35. The van der Waals surface area contributed by atoms with Gasteiger partial charge >= 0.3 is 0 Å². The third kappa shape index (κ3) is 3.50. The maximum Gasteiger partial charge on any atom is 0.290 e. The van der Waals surface area contributed by atoms with Gasteiger partial charge in [-0.2, -0.15) is 0 Å². The van der Waals surface area contributed by atoms with Crippen LogP contribution in [0.15, 0.2) is 52.9 Å². The molecule has 1 saturated heterocycles. The molecule has 4 rings (SSSR count). The summed E-state index contributed by atoms with van der Waals surface area (Å²) in [5.74, 6) is 1.58. The highest BCUT2D eigenvalue weighted by Gasteiger charge is 2.29. The van der Waals surface area contributed by atoms with E-state index >= 15 is 0 Å². The van der Waals surface area contributed by atoms with Crippen LogP contribution in [0, 0.1) is 5.92 Å². The van der Waals surface area contributed by atoms with Gasteiger partial charge in [-0.3, -0.25) is 4.79 Å². The molecule has 1 aliphatic rings. The van der Waals surface area contributed by atoms with Crippen molar-refractivity contribution in [3.63, 3.8) is 0 Å². The number of nitrogens with one attached hydrogen (secondary N) is 1. The Bertz CT molecular complexity index is 963. The largest absolute Gasteiger partial charge is 0.497 e. The first-order valence-corrected chi connectivity index (χ1v) is 9.81. The second-order valence-corrected chi connectivity index (χ2v) is 7.35. The average molecular weight is 378 g/mol. The van der Waals surface area contributed by atoms with Crippen molar-refractivity contribution < 1.29 is 13.9 Å². The summed E-state index contributed by atoms with van der Waals surface area (Å²) in [6.45, 7) is 2.45. The number of carbonyl (C=O) groups is 1. The molecule has 1 fully saturated rings. The molecule has 146 valence electrons. The lowest BCUT2D eigenvalue weighted by Crippen LogP contribution is -2.42. The van der Waals surface area contributed by atoms with Crippen LogP contribution >= 0.6 is 0 Å². The van der Waals surface area contributed by atoms with Crippen molar-refractivity contribution in [3.8, 4) is 16.9 Å². The van der Waals surface area contributed by atoms with Gasteiger partial charge < -0.3 is 19.4 Å². The molecule has 1 N–H and O–H groups in total. The zero-order valence-corrected chi connectivity index (χ0v) is 16.4. The lowest BCUT2D eigenvalue weighted by Gasteiger charge is -2.32. The van der Waals surface area contributed by atoms with Crippen LogP contribution in [0.5, 0.6) is 5.75 Å². The number of carbonyl (C=O) groups excluding carboxylic acids is 1. The first kappa shape index (κ1) is 18.6. The minimum atomic E-state index is -0.0326. The van der Waals surface area contributed by atoms with Crippen molar-refractivity contribution in [2.75, 3.05) is 33.8 Å². The second kappa shape index (κ2) is 8.07. The van der Waals surface area contributed by atoms with E-state index in [9.17, 15) is 4.79 Å². The smallest absolute Gasteiger partial charge is 0.290 e. The summed E-state index contributed by atoms with van der Waals surface area (Å²) < 4.78 is 11.5. The van der Waals surface area contributed by atoms with E-state index in [1.54, 1.807) is 7.11 Å². The summed E-state index contributed by atoms with van der Waals surface area (Å²) in [6.07, 6.45) is 2.17. The van der Waals surface area contributed by atoms with Gasteiger partial charge in [0, 0.05) is 30.1 Å². The predicted molar refractivity (Wildman–Crippen MR) is 111 cm³/mol. The fraction of sp³-hybridized carbons (Fsp3) is 0.348. The van der Waals surface area contributed by atoms with E-state index in [1.165, 1.54) is 0 Å². The normalized spacial score (nSPS) is 17.1. The van der Waals surface area contributed by atoms with Gasteiger partial charge in [-0.1, -0.05) is 30.3 Å². The van der Waals surface area contributed by atoms with Gasteiger partial charge in [-0.05, 0) is 50.0 Å². The molecule has 0 bridgehead atoms. The van der Waals surface area contributed by atoms with E-state index in [-0.39, 0.29) is 5.91 Å². The SMILES string of the molecule is CNCC1CCCN(C(=O)c2oc3cc(OC)ccc3c2-c2ccccc2)C1. The first-order valence-electron chi connectivity index (χ1n) is 9.81. The predicted octanol–water partition coefficient (Wildman–Crippen LogP) is 4.18. The highest BCUT2D eigenvalue weighted by Crippen LogP contribution is 2.37. The Kier molecular flexibility index (Phi) is 5.35. The zero-order chi connectivity index (χ0) is 19.5. The van der Waals surface area contributed by atoms with Gasteiger partial charge in [0.2, 0.25) is 5.76 Å². The Morgan fingerprint density at radius 2 is 2.07 bits per heavy atom. The van der Waals surface area contributed by atoms with Crippen molar-refractivity contribution >= 4 is 16.9 Å². The van der Waals surface area contributed by atoms with Crippen LogP contribution in [-0.4, -0.2) is 44.6 Å². The molecule has 0 spiro atoms. The number of hydrogen-bond donors (Lipinski definition) is 1. The molecule has 0 aliphatic carbocycles. The first-order chi connectivity index (χ1) is 13.7. The van der Waals surface area contributed by atoms with Crippen molar-refractivity contribution in [1.29, 1.82) is 0 Å². The quantitative estimate of drug-likeness (QED) is 0.724. The molecule has 0 saturated carbocycles. The summed E-state index contributed by atoms with van der Waals surface area (Å²) in [7, 11) is 3.59. The fourth-order valence-corrected chi connectivity index (χ4v) is 4.09. The lowest BCUT2D eigenvalue weighted by molar-refractivity contribution is 0.0645. The molecule has 1 amide bonds. The highest BCUT2D eigenvalue weighted by atomic mass is 16.5. The monoisotopic (exact) mass is 378 g/mol. The molecule has 5 nitrogen and oxygen atoms in total. The molecule has 1 unspecified atom stereocenters. The van der Waals surface area contributed by atoms with Gasteiger partial charge in [0.25, 0.3) is 5.91 Å². The van der Waals surface area contributed by atoms with Crippen LogP contribution in [0.3, 0.4) is 0 Å². The molecule has 1 aliphatic heterocycles. The molecule has 5 heteroatoms. The van der Waals surface area contributed by atoms with Gasteiger partial charge in [-0.25, -0.2) is 0 Å². The van der Waals surface area contributed by atoms with E-state index < -0.39 is 0 Å². The summed E-state index contributed by atoms with van der Waals surface area (Å²) in [6, 6.07) is 15.7. The molecule has 1 atom stereocenters. The number of furan rings is 1. The number of ether oxygens (including phenoxy) is 1. The van der Waals surface area contributed by atoms with Crippen LogP contribution < -0.4 is 10.1 Å². The van der Waals surface area contributed by atoms with Crippen molar-refractivity contribution in [2.24, 2.45) is 5.92 Å². The van der Waals surface area contributed by atoms with Crippen LogP contribution in [0.4, 0.5) is 0 Å². The number of hydrogen-bond acceptors (Lipinski definition) is 4. The van der Waals surface area contributed by atoms with E-state index in [2.05, 4.69) is 5.32 Å². The minimum Gasteiger partial charge on any atom is -0.497 e. The Hall–Kier alpha value is -2.79. The number of amides is 1. The molecule has 2 aromatic carbocycles. The maximum absolute atomic E-state index is 13.4. The molecular formula is C23H26N2O3. The van der Waals surface area contributed by atoms with Crippen LogP contribution in [-0.2, 0) is 0 Å². The van der Waals surface area contributed by atoms with Crippen molar-refractivity contribution in [2.45, 2.75) is 12.8 Å². The maximum atomic E-state index is 13.4. The summed E-state index contributed by atoms with van der Waals surface area (Å²) in [5.41, 5.74) is 2.52. The number of methoxy groups -OCH3 is 1. The Labute approximate surface area is 165 Å². The molecule has 0 radical (unpaired) electrons. The third-order valence-corrected chi connectivity index (χ3v) is 5.45. The van der Waals surface area contributed by atoms with Gasteiger partial charge in [0.1, 0.15) is 11.3 Å². The number of rotatable bonds is 5. The molecule has 28 heavy (non-hydrogen) atoms. The van der Waals surface area contributed by atoms with Gasteiger partial charge in [0.05, 0.1) is 7.11 Å². The van der Waals surface area contributed by atoms with Crippen LogP contribution in [0.2, 0.25) is 0 Å². The number of piperidine rings is 1. The van der Waals surface area contributed by atoms with E-state index in [0.29, 0.717) is 23.0 Å². The van der Waals surface area contributed by atoms with Crippen molar-refractivity contribution in [1.82, 2.24) is 10.2 Å². The van der Waals surface area contributed by atoms with E-state index in [4.69, 9.17) is 9.15 Å². The van der Waals surface area contributed by atoms with E-state index in [1.807, 2.05) is 60.5 Å². The van der Waals surface area contributed by atoms with Crippen LogP contribution in [0.25, 0.3) is 22.1 Å². The van der Waals surface area contributed by atoms with Gasteiger partial charge in [-0.15, -0.1) is 0 Å². The Balaban J connectivity index is 1.78. The lowest BCUT2D eigenvalue weighted by atomic mass is 9.96. The molecular weight excluding hydrogens is 352 g/mol. The number of fused-ring (bicyclic) bond motifs is 1. The fourth-order valence-electron chi connectivity index (χ4n) is 4.09. The summed E-state index contributed by atoms with van der Waals surface area (Å²) >= 11 is 0. The van der Waals surface area contributed by atoms with E-state index in [0.717, 1.165) is 49.0 Å². The minimum absolute atomic E-state index is 0.0326.